The number of anilines is 1. The molecule has 0 aliphatic carbocycles. The van der Waals surface area contributed by atoms with Crippen molar-refractivity contribution in [3.05, 3.63) is 65.5 Å². The second kappa shape index (κ2) is 8.80. The van der Waals surface area contributed by atoms with E-state index in [1.807, 2.05) is 13.8 Å². The smallest absolute Gasteiger partial charge is 0.251 e. The van der Waals surface area contributed by atoms with Crippen LogP contribution in [0.15, 0.2) is 48.5 Å². The highest BCUT2D eigenvalue weighted by Gasteiger charge is 2.07. The molecule has 0 saturated heterocycles. The molecule has 5 nitrogen and oxygen atoms in total. The number of rotatable bonds is 6. The van der Waals surface area contributed by atoms with E-state index >= 15 is 0 Å². The second-order valence-electron chi connectivity index (χ2n) is 5.92. The van der Waals surface area contributed by atoms with Gasteiger partial charge >= 0.3 is 0 Å². The van der Waals surface area contributed by atoms with Gasteiger partial charge in [-0.15, -0.1) is 0 Å². The molecule has 136 valence electrons. The molecule has 0 unspecified atom stereocenters. The molecule has 2 rings (SSSR count). The van der Waals surface area contributed by atoms with Crippen LogP contribution >= 0.6 is 0 Å². The predicted molar refractivity (Wildman–Crippen MR) is 99.7 cm³/mol. The number of carbonyl (C=O) groups excluding carboxylic acids is 2. The average molecular weight is 356 g/mol. The van der Waals surface area contributed by atoms with E-state index in [-0.39, 0.29) is 23.6 Å². The van der Waals surface area contributed by atoms with E-state index in [1.165, 1.54) is 31.4 Å². The summed E-state index contributed by atoms with van der Waals surface area (Å²) >= 11 is 0. The summed E-state index contributed by atoms with van der Waals surface area (Å²) in [6.45, 7) is 3.76. The van der Waals surface area contributed by atoms with Gasteiger partial charge in [-0.05, 0) is 61.9 Å². The van der Waals surface area contributed by atoms with Crippen LogP contribution < -0.4 is 15.4 Å². The quantitative estimate of drug-likeness (QED) is 0.777. The van der Waals surface area contributed by atoms with Crippen molar-refractivity contribution in [1.82, 2.24) is 5.32 Å². The molecule has 26 heavy (non-hydrogen) atoms. The normalized spacial score (nSPS) is 10.8. The van der Waals surface area contributed by atoms with Gasteiger partial charge in [-0.25, -0.2) is 4.39 Å². The molecule has 0 spiro atoms. The third-order valence-electron chi connectivity index (χ3n) is 3.44. The number of carbonyl (C=O) groups is 2. The lowest BCUT2D eigenvalue weighted by atomic mass is 10.1. The number of ether oxygens (including phenoxy) is 1. The molecule has 2 N–H and O–H groups in total. The molecule has 2 aromatic rings. The molecule has 0 fully saturated rings. The number of halogens is 1. The monoisotopic (exact) mass is 356 g/mol. The first-order valence-electron chi connectivity index (χ1n) is 8.12. The zero-order chi connectivity index (χ0) is 19.1. The Labute approximate surface area is 151 Å². The molecule has 0 aromatic heterocycles. The van der Waals surface area contributed by atoms with E-state index in [1.54, 1.807) is 30.3 Å². The molecule has 2 amide bonds. The van der Waals surface area contributed by atoms with Crippen LogP contribution in [-0.2, 0) is 4.79 Å². The van der Waals surface area contributed by atoms with Crippen molar-refractivity contribution in [2.45, 2.75) is 19.9 Å². The molecule has 0 saturated carbocycles. The van der Waals surface area contributed by atoms with Crippen LogP contribution in [0.1, 0.15) is 29.8 Å². The molecular formula is C20H21FN2O3. The summed E-state index contributed by atoms with van der Waals surface area (Å²) in [6, 6.07) is 11.0. The van der Waals surface area contributed by atoms with Crippen molar-refractivity contribution in [3.63, 3.8) is 0 Å². The first kappa shape index (κ1) is 19.2. The van der Waals surface area contributed by atoms with Crippen LogP contribution in [0.5, 0.6) is 5.75 Å². The SMILES string of the molecule is COc1ccc(/C=C/C(=O)Nc2ccc(C(=O)NC(C)C)cc2)cc1F. The minimum absolute atomic E-state index is 0.0507. The zero-order valence-corrected chi connectivity index (χ0v) is 14.9. The van der Waals surface area contributed by atoms with Crippen LogP contribution in [0.4, 0.5) is 10.1 Å². The molecule has 0 bridgehead atoms. The zero-order valence-electron chi connectivity index (χ0n) is 14.9. The average Bonchev–Trinajstić information content (AvgIpc) is 2.60. The van der Waals surface area contributed by atoms with Crippen molar-refractivity contribution >= 4 is 23.6 Å². The number of amides is 2. The standard InChI is InChI=1S/C20H21FN2O3/c1-13(2)22-20(25)15-6-8-16(9-7-15)23-19(24)11-5-14-4-10-18(26-3)17(21)12-14/h4-13H,1-3H3,(H,22,25)(H,23,24)/b11-5+. The van der Waals surface area contributed by atoms with E-state index in [2.05, 4.69) is 10.6 Å². The summed E-state index contributed by atoms with van der Waals surface area (Å²) < 4.78 is 18.5. The Bertz CT molecular complexity index is 814. The van der Waals surface area contributed by atoms with Gasteiger partial charge in [-0.1, -0.05) is 6.07 Å². The van der Waals surface area contributed by atoms with Crippen molar-refractivity contribution in [3.8, 4) is 5.75 Å². The topological polar surface area (TPSA) is 67.4 Å². The Morgan fingerprint density at radius 2 is 1.81 bits per heavy atom. The summed E-state index contributed by atoms with van der Waals surface area (Å²) in [7, 11) is 1.39. The summed E-state index contributed by atoms with van der Waals surface area (Å²) in [5.74, 6) is -0.876. The van der Waals surface area contributed by atoms with Gasteiger partial charge in [0.05, 0.1) is 7.11 Å². The Morgan fingerprint density at radius 3 is 2.38 bits per heavy atom. The highest BCUT2D eigenvalue weighted by molar-refractivity contribution is 6.02. The molecular weight excluding hydrogens is 335 g/mol. The van der Waals surface area contributed by atoms with Crippen molar-refractivity contribution in [2.75, 3.05) is 12.4 Å². The van der Waals surface area contributed by atoms with Gasteiger partial charge in [0.2, 0.25) is 5.91 Å². The third-order valence-corrected chi connectivity index (χ3v) is 3.44. The first-order chi connectivity index (χ1) is 12.4. The fraction of sp³-hybridized carbons (Fsp3) is 0.200. The number of benzene rings is 2. The lowest BCUT2D eigenvalue weighted by Crippen LogP contribution is -2.29. The maximum Gasteiger partial charge on any atom is 0.251 e. The van der Waals surface area contributed by atoms with Crippen LogP contribution in [0, 0.1) is 5.82 Å². The van der Waals surface area contributed by atoms with Crippen LogP contribution in [-0.4, -0.2) is 25.0 Å². The van der Waals surface area contributed by atoms with Gasteiger partial charge in [0.25, 0.3) is 5.91 Å². The Kier molecular flexibility index (Phi) is 6.49. The molecule has 0 aliphatic heterocycles. The van der Waals surface area contributed by atoms with E-state index < -0.39 is 5.82 Å². The molecule has 6 heteroatoms. The highest BCUT2D eigenvalue weighted by Crippen LogP contribution is 2.18. The van der Waals surface area contributed by atoms with Gasteiger partial charge < -0.3 is 15.4 Å². The molecule has 0 radical (unpaired) electrons. The van der Waals surface area contributed by atoms with E-state index in [4.69, 9.17) is 4.74 Å². The number of nitrogens with one attached hydrogen (secondary N) is 2. The molecule has 2 aromatic carbocycles. The molecule has 0 aliphatic rings. The Hall–Kier alpha value is -3.15. The number of hydrogen-bond donors (Lipinski definition) is 2. The van der Waals surface area contributed by atoms with Crippen LogP contribution in [0.2, 0.25) is 0 Å². The lowest BCUT2D eigenvalue weighted by molar-refractivity contribution is -0.111. The van der Waals surface area contributed by atoms with E-state index in [0.29, 0.717) is 16.8 Å². The predicted octanol–water partition coefficient (Wildman–Crippen LogP) is 3.62. The fourth-order valence-electron chi connectivity index (χ4n) is 2.19. The van der Waals surface area contributed by atoms with Gasteiger partial charge in [-0.2, -0.15) is 0 Å². The van der Waals surface area contributed by atoms with E-state index in [9.17, 15) is 14.0 Å². The molecule has 0 heterocycles. The summed E-state index contributed by atoms with van der Waals surface area (Å²) in [5, 5.41) is 5.47. The van der Waals surface area contributed by atoms with Crippen molar-refractivity contribution in [2.24, 2.45) is 0 Å². The number of hydrogen-bond acceptors (Lipinski definition) is 3. The summed E-state index contributed by atoms with van der Waals surface area (Å²) in [5.41, 5.74) is 1.61. The van der Waals surface area contributed by atoms with Crippen molar-refractivity contribution in [1.29, 1.82) is 0 Å². The number of methoxy groups -OCH3 is 1. The summed E-state index contributed by atoms with van der Waals surface area (Å²) in [6.07, 6.45) is 2.81. The van der Waals surface area contributed by atoms with Gasteiger partial charge in [0.15, 0.2) is 11.6 Å². The minimum Gasteiger partial charge on any atom is -0.494 e. The first-order valence-corrected chi connectivity index (χ1v) is 8.12. The Morgan fingerprint density at radius 1 is 1.12 bits per heavy atom. The fourth-order valence-corrected chi connectivity index (χ4v) is 2.19. The molecule has 0 atom stereocenters. The van der Waals surface area contributed by atoms with Crippen molar-refractivity contribution < 1.29 is 18.7 Å². The third kappa shape index (κ3) is 5.44. The maximum absolute atomic E-state index is 13.6. The minimum atomic E-state index is -0.495. The Balaban J connectivity index is 1.97. The maximum atomic E-state index is 13.6. The van der Waals surface area contributed by atoms with Crippen LogP contribution in [0.3, 0.4) is 0 Å². The lowest BCUT2D eigenvalue weighted by Gasteiger charge is -2.09. The van der Waals surface area contributed by atoms with Gasteiger partial charge in [0, 0.05) is 23.4 Å². The van der Waals surface area contributed by atoms with Gasteiger partial charge in [0.1, 0.15) is 0 Å². The van der Waals surface area contributed by atoms with Crippen LogP contribution in [0.25, 0.3) is 6.08 Å². The van der Waals surface area contributed by atoms with E-state index in [0.717, 1.165) is 0 Å². The second-order valence-corrected chi connectivity index (χ2v) is 5.92. The van der Waals surface area contributed by atoms with Gasteiger partial charge in [-0.3, -0.25) is 9.59 Å². The highest BCUT2D eigenvalue weighted by atomic mass is 19.1. The largest absolute Gasteiger partial charge is 0.494 e. The summed E-state index contributed by atoms with van der Waals surface area (Å²) in [4.78, 5) is 23.8.